The molecule has 0 aromatic heterocycles. The van der Waals surface area contributed by atoms with E-state index in [9.17, 15) is 0 Å². The SMILES string of the molecule is [2H]c1c(C)cc(OCC2CN=CO2)cc1C. The molecule has 1 unspecified atom stereocenters. The Morgan fingerprint density at radius 2 is 2.27 bits per heavy atom. The third-order valence-corrected chi connectivity index (χ3v) is 2.18. The summed E-state index contributed by atoms with van der Waals surface area (Å²) < 4.78 is 18.6. The molecule has 0 spiro atoms. The molecule has 0 bridgehead atoms. The molecule has 0 amide bonds. The lowest BCUT2D eigenvalue weighted by molar-refractivity contribution is 0.148. The molecule has 0 fully saturated rings. The summed E-state index contributed by atoms with van der Waals surface area (Å²) in [7, 11) is 0. The van der Waals surface area contributed by atoms with Crippen molar-refractivity contribution in [2.45, 2.75) is 20.0 Å². The van der Waals surface area contributed by atoms with E-state index >= 15 is 0 Å². The Morgan fingerprint density at radius 1 is 1.53 bits per heavy atom. The van der Waals surface area contributed by atoms with Gasteiger partial charge in [-0.1, -0.05) is 6.04 Å². The van der Waals surface area contributed by atoms with Crippen molar-refractivity contribution in [1.82, 2.24) is 0 Å². The third-order valence-electron chi connectivity index (χ3n) is 2.18. The number of benzene rings is 1. The lowest BCUT2D eigenvalue weighted by Gasteiger charge is -2.11. The fourth-order valence-corrected chi connectivity index (χ4v) is 1.55. The molecule has 3 nitrogen and oxygen atoms in total. The topological polar surface area (TPSA) is 30.8 Å². The second kappa shape index (κ2) is 4.34. The average Bonchev–Trinajstić information content (AvgIpc) is 2.75. The zero-order chi connectivity index (χ0) is 11.5. The van der Waals surface area contributed by atoms with Crippen molar-refractivity contribution < 1.29 is 10.8 Å². The van der Waals surface area contributed by atoms with E-state index in [1.54, 1.807) is 0 Å². The van der Waals surface area contributed by atoms with Gasteiger partial charge in [0.05, 0.1) is 7.92 Å². The average molecular weight is 206 g/mol. The van der Waals surface area contributed by atoms with E-state index in [2.05, 4.69) is 4.99 Å². The van der Waals surface area contributed by atoms with Crippen LogP contribution in [0.1, 0.15) is 12.5 Å². The minimum atomic E-state index is 0.0243. The molecule has 1 aliphatic heterocycles. The number of nitrogens with zero attached hydrogens (tertiary/aromatic N) is 1. The van der Waals surface area contributed by atoms with E-state index in [0.717, 1.165) is 16.9 Å². The molecule has 1 aromatic rings. The zero-order valence-corrected chi connectivity index (χ0v) is 8.99. The molecule has 1 heterocycles. The number of ether oxygens (including phenoxy) is 2. The van der Waals surface area contributed by atoms with Crippen LogP contribution in [0.2, 0.25) is 0 Å². The van der Waals surface area contributed by atoms with Gasteiger partial charge < -0.3 is 9.47 Å². The molecule has 0 N–H and O–H groups in total. The summed E-state index contributed by atoms with van der Waals surface area (Å²) in [4.78, 5) is 3.97. The molecule has 1 aliphatic rings. The van der Waals surface area contributed by atoms with E-state index < -0.39 is 0 Å². The first kappa shape index (κ1) is 8.77. The zero-order valence-electron chi connectivity index (χ0n) is 9.99. The summed E-state index contributed by atoms with van der Waals surface area (Å²) >= 11 is 0. The van der Waals surface area contributed by atoms with Gasteiger partial charge in [-0.3, -0.25) is 4.99 Å². The summed E-state index contributed by atoms with van der Waals surface area (Å²) in [6.07, 6.45) is 1.49. The fourth-order valence-electron chi connectivity index (χ4n) is 1.55. The predicted molar refractivity (Wildman–Crippen MR) is 59.6 cm³/mol. The Bertz CT molecular complexity index is 386. The maximum Gasteiger partial charge on any atom is 0.170 e. The first-order chi connectivity index (χ1) is 7.66. The van der Waals surface area contributed by atoms with E-state index in [1.807, 2.05) is 26.0 Å². The molecule has 0 saturated heterocycles. The van der Waals surface area contributed by atoms with E-state index in [1.165, 1.54) is 6.40 Å². The van der Waals surface area contributed by atoms with Gasteiger partial charge in [-0.05, 0) is 37.1 Å². The molecular formula is C12H15NO2. The number of rotatable bonds is 3. The molecule has 2 rings (SSSR count). The van der Waals surface area contributed by atoms with Crippen molar-refractivity contribution >= 4 is 6.40 Å². The number of aryl methyl sites for hydroxylation is 2. The van der Waals surface area contributed by atoms with Crippen LogP contribution in [0, 0.1) is 13.8 Å². The van der Waals surface area contributed by atoms with Crippen LogP contribution in [0.15, 0.2) is 23.2 Å². The van der Waals surface area contributed by atoms with Crippen LogP contribution in [0.5, 0.6) is 5.75 Å². The van der Waals surface area contributed by atoms with Gasteiger partial charge >= 0.3 is 0 Å². The summed E-state index contributed by atoms with van der Waals surface area (Å²) in [5.74, 6) is 0.793. The highest BCUT2D eigenvalue weighted by molar-refractivity contribution is 5.48. The van der Waals surface area contributed by atoms with E-state index in [-0.39, 0.29) is 6.10 Å². The Hall–Kier alpha value is -1.51. The highest BCUT2D eigenvalue weighted by Gasteiger charge is 2.13. The molecule has 0 saturated carbocycles. The molecule has 0 aliphatic carbocycles. The maximum atomic E-state index is 7.74. The Morgan fingerprint density at radius 3 is 2.87 bits per heavy atom. The van der Waals surface area contributed by atoms with Crippen LogP contribution in [0.3, 0.4) is 0 Å². The first-order valence-electron chi connectivity index (χ1n) is 5.51. The second-order valence-electron chi connectivity index (χ2n) is 3.72. The highest BCUT2D eigenvalue weighted by atomic mass is 16.5. The first-order valence-corrected chi connectivity index (χ1v) is 5.01. The van der Waals surface area contributed by atoms with Gasteiger partial charge in [0.2, 0.25) is 0 Å². The summed E-state index contributed by atoms with van der Waals surface area (Å²) in [5, 5.41) is 0. The van der Waals surface area contributed by atoms with Crippen molar-refractivity contribution in [3.8, 4) is 5.75 Å². The minimum Gasteiger partial charge on any atom is -0.490 e. The van der Waals surface area contributed by atoms with Crippen LogP contribution < -0.4 is 4.74 Å². The van der Waals surface area contributed by atoms with Crippen molar-refractivity contribution in [3.05, 3.63) is 29.3 Å². The standard InChI is InChI=1S/C12H15NO2/c1-9-3-10(2)5-11(4-9)14-7-12-6-13-8-15-12/h3-5,8,12H,6-7H2,1-2H3/i3D. The second-order valence-corrected chi connectivity index (χ2v) is 3.72. The number of hydrogen-bond acceptors (Lipinski definition) is 3. The van der Waals surface area contributed by atoms with Gasteiger partial charge in [-0.15, -0.1) is 0 Å². The molecular weight excluding hydrogens is 190 g/mol. The molecule has 15 heavy (non-hydrogen) atoms. The fraction of sp³-hybridized carbons (Fsp3) is 0.417. The molecule has 80 valence electrons. The molecule has 3 heteroatoms. The highest BCUT2D eigenvalue weighted by Crippen LogP contribution is 2.16. The van der Waals surface area contributed by atoms with Gasteiger partial charge in [0, 0.05) is 0 Å². The van der Waals surface area contributed by atoms with Gasteiger partial charge in [0.15, 0.2) is 12.5 Å². The monoisotopic (exact) mass is 206 g/mol. The Kier molecular flexibility index (Phi) is 2.54. The number of aliphatic imine (C=N–C) groups is 1. The quantitative estimate of drug-likeness (QED) is 0.758. The van der Waals surface area contributed by atoms with Gasteiger partial charge in [0.1, 0.15) is 12.4 Å². The van der Waals surface area contributed by atoms with Crippen molar-refractivity contribution in [1.29, 1.82) is 0 Å². The largest absolute Gasteiger partial charge is 0.490 e. The lowest BCUT2D eigenvalue weighted by Crippen LogP contribution is -2.20. The van der Waals surface area contributed by atoms with Crippen LogP contribution in [-0.4, -0.2) is 25.7 Å². The van der Waals surface area contributed by atoms with Crippen molar-refractivity contribution in [3.63, 3.8) is 0 Å². The summed E-state index contributed by atoms with van der Waals surface area (Å²) in [6.45, 7) is 4.99. The third kappa shape index (κ3) is 2.72. The smallest absolute Gasteiger partial charge is 0.170 e. The molecule has 1 aromatic carbocycles. The summed E-state index contributed by atoms with van der Waals surface area (Å²) in [5.41, 5.74) is 1.86. The molecule has 1 atom stereocenters. The number of hydrogen-bond donors (Lipinski definition) is 0. The van der Waals surface area contributed by atoms with E-state index in [4.69, 9.17) is 10.8 Å². The van der Waals surface area contributed by atoms with Crippen molar-refractivity contribution in [2.75, 3.05) is 13.2 Å². The Labute approximate surface area is 91.1 Å². The predicted octanol–water partition coefficient (Wildman–Crippen LogP) is 2.11. The lowest BCUT2D eigenvalue weighted by atomic mass is 10.1. The maximum absolute atomic E-state index is 7.74. The van der Waals surface area contributed by atoms with Gasteiger partial charge in [0.25, 0.3) is 0 Å². The Balaban J connectivity index is 1.99. The molecule has 0 radical (unpaired) electrons. The minimum absolute atomic E-state index is 0.0243. The van der Waals surface area contributed by atoms with Crippen LogP contribution in [0.25, 0.3) is 0 Å². The summed E-state index contributed by atoms with van der Waals surface area (Å²) in [6, 6.07) is 4.34. The van der Waals surface area contributed by atoms with Crippen LogP contribution in [-0.2, 0) is 4.74 Å². The van der Waals surface area contributed by atoms with E-state index in [0.29, 0.717) is 19.2 Å². The van der Waals surface area contributed by atoms with Crippen LogP contribution in [0.4, 0.5) is 0 Å². The normalized spacial score (nSPS) is 19.9. The van der Waals surface area contributed by atoms with Gasteiger partial charge in [-0.25, -0.2) is 0 Å². The van der Waals surface area contributed by atoms with Crippen LogP contribution >= 0.6 is 0 Å². The van der Waals surface area contributed by atoms with Gasteiger partial charge in [-0.2, -0.15) is 0 Å². The van der Waals surface area contributed by atoms with Crippen molar-refractivity contribution in [2.24, 2.45) is 4.99 Å².